The van der Waals surface area contributed by atoms with Gasteiger partial charge in [-0.2, -0.15) is 0 Å². The molecule has 0 saturated heterocycles. The molecule has 0 spiro atoms. The number of aromatic nitrogens is 1. The minimum atomic E-state index is 0.236. The van der Waals surface area contributed by atoms with Crippen LogP contribution in [0.5, 0.6) is 0 Å². The fraction of sp³-hybridized carbons (Fsp3) is 0.722. The Morgan fingerprint density at radius 1 is 1.24 bits per heavy atom. The van der Waals surface area contributed by atoms with Gasteiger partial charge in [0.05, 0.1) is 0 Å². The summed E-state index contributed by atoms with van der Waals surface area (Å²) in [4.78, 5) is 6.99. The van der Waals surface area contributed by atoms with Crippen LogP contribution >= 0.6 is 0 Å². The van der Waals surface area contributed by atoms with Crippen molar-refractivity contribution in [3.8, 4) is 0 Å². The van der Waals surface area contributed by atoms with Crippen molar-refractivity contribution in [2.24, 2.45) is 11.3 Å². The average Bonchev–Trinajstić information content (AvgIpc) is 2.35. The third-order valence-electron chi connectivity index (χ3n) is 4.16. The molecule has 3 heteroatoms. The predicted octanol–water partition coefficient (Wildman–Crippen LogP) is 4.01. The van der Waals surface area contributed by atoms with Crippen molar-refractivity contribution in [3.63, 3.8) is 0 Å². The predicted molar refractivity (Wildman–Crippen MR) is 92.8 cm³/mol. The van der Waals surface area contributed by atoms with Crippen molar-refractivity contribution in [2.45, 2.75) is 61.1 Å². The van der Waals surface area contributed by atoms with Crippen molar-refractivity contribution in [1.82, 2.24) is 10.3 Å². The molecule has 0 aliphatic heterocycles. The van der Waals surface area contributed by atoms with Crippen LogP contribution in [0.15, 0.2) is 12.3 Å². The van der Waals surface area contributed by atoms with E-state index < -0.39 is 0 Å². The van der Waals surface area contributed by atoms with Crippen molar-refractivity contribution >= 4 is 5.82 Å². The molecule has 120 valence electrons. The first kappa shape index (κ1) is 18.0. The van der Waals surface area contributed by atoms with Crippen LogP contribution in [0.25, 0.3) is 0 Å². The molecule has 3 nitrogen and oxygen atoms in total. The number of nitrogens with zero attached hydrogens (tertiary/aromatic N) is 2. The Morgan fingerprint density at radius 2 is 1.86 bits per heavy atom. The van der Waals surface area contributed by atoms with Crippen molar-refractivity contribution in [1.29, 1.82) is 0 Å². The van der Waals surface area contributed by atoms with Crippen LogP contribution in [0.1, 0.15) is 52.7 Å². The van der Waals surface area contributed by atoms with Crippen LogP contribution in [-0.4, -0.2) is 24.6 Å². The van der Waals surface area contributed by atoms with E-state index in [0.717, 1.165) is 18.9 Å². The van der Waals surface area contributed by atoms with E-state index in [1.54, 1.807) is 0 Å². The maximum absolute atomic E-state index is 4.70. The fourth-order valence-electron chi connectivity index (χ4n) is 2.36. The lowest BCUT2D eigenvalue weighted by Gasteiger charge is -2.36. The lowest BCUT2D eigenvalue weighted by molar-refractivity contribution is 0.328. The van der Waals surface area contributed by atoms with E-state index in [2.05, 4.69) is 71.8 Å². The quantitative estimate of drug-likeness (QED) is 0.858. The second kappa shape index (κ2) is 7.26. The number of anilines is 1. The van der Waals surface area contributed by atoms with Crippen molar-refractivity contribution in [2.75, 3.05) is 18.5 Å². The standard InChI is InChI=1S/C18H33N3/c1-13(2)10-19-11-16-9-14(3)17(20-12-16)21(8)15(4)18(5,6)7/h9,12-13,15,19H,10-11H2,1-8H3. The molecule has 0 aromatic carbocycles. The van der Waals surface area contributed by atoms with Gasteiger partial charge in [-0.15, -0.1) is 0 Å². The summed E-state index contributed by atoms with van der Waals surface area (Å²) >= 11 is 0. The van der Waals surface area contributed by atoms with Gasteiger partial charge in [0.1, 0.15) is 5.82 Å². The summed E-state index contributed by atoms with van der Waals surface area (Å²) in [5.74, 6) is 1.77. The van der Waals surface area contributed by atoms with E-state index >= 15 is 0 Å². The summed E-state index contributed by atoms with van der Waals surface area (Å²) < 4.78 is 0. The molecule has 1 rings (SSSR count). The van der Waals surface area contributed by atoms with E-state index in [-0.39, 0.29) is 5.41 Å². The van der Waals surface area contributed by atoms with Gasteiger partial charge in [0.25, 0.3) is 0 Å². The third-order valence-corrected chi connectivity index (χ3v) is 4.16. The molecule has 0 bridgehead atoms. The first-order chi connectivity index (χ1) is 9.62. The number of rotatable bonds is 6. The highest BCUT2D eigenvalue weighted by Gasteiger charge is 2.25. The summed E-state index contributed by atoms with van der Waals surface area (Å²) in [6.45, 7) is 17.6. The Balaban J connectivity index is 2.78. The van der Waals surface area contributed by atoms with E-state index in [9.17, 15) is 0 Å². The molecule has 1 atom stereocenters. The normalized spacial score (nSPS) is 13.6. The van der Waals surface area contributed by atoms with Crippen molar-refractivity contribution < 1.29 is 0 Å². The van der Waals surface area contributed by atoms with Gasteiger partial charge in [0.15, 0.2) is 0 Å². The zero-order chi connectivity index (χ0) is 16.2. The van der Waals surface area contributed by atoms with Gasteiger partial charge in [0.2, 0.25) is 0 Å². The maximum atomic E-state index is 4.70. The van der Waals surface area contributed by atoms with Crippen LogP contribution in [0.3, 0.4) is 0 Å². The highest BCUT2D eigenvalue weighted by atomic mass is 15.2. The summed E-state index contributed by atoms with van der Waals surface area (Å²) in [6.07, 6.45) is 2.00. The van der Waals surface area contributed by atoms with Gasteiger partial charge < -0.3 is 10.2 Å². The van der Waals surface area contributed by atoms with E-state index in [0.29, 0.717) is 12.0 Å². The topological polar surface area (TPSA) is 28.2 Å². The molecule has 1 aromatic heterocycles. The highest BCUT2D eigenvalue weighted by Crippen LogP contribution is 2.28. The van der Waals surface area contributed by atoms with Gasteiger partial charge in [-0.3, -0.25) is 0 Å². The number of hydrogen-bond donors (Lipinski definition) is 1. The molecule has 0 aliphatic rings. The van der Waals surface area contributed by atoms with Gasteiger partial charge >= 0.3 is 0 Å². The Bertz CT molecular complexity index is 446. The first-order valence-electron chi connectivity index (χ1n) is 8.02. The molecule has 0 amide bonds. The highest BCUT2D eigenvalue weighted by molar-refractivity contribution is 5.47. The minimum absolute atomic E-state index is 0.236. The van der Waals surface area contributed by atoms with E-state index in [1.165, 1.54) is 11.1 Å². The first-order valence-corrected chi connectivity index (χ1v) is 8.02. The van der Waals surface area contributed by atoms with Gasteiger partial charge in [0, 0.05) is 25.8 Å². The molecule has 1 heterocycles. The molecule has 0 fully saturated rings. The van der Waals surface area contributed by atoms with Crippen LogP contribution in [0.2, 0.25) is 0 Å². The summed E-state index contributed by atoms with van der Waals surface area (Å²) in [5, 5.41) is 3.47. The summed E-state index contributed by atoms with van der Waals surface area (Å²) in [7, 11) is 2.14. The molecule has 21 heavy (non-hydrogen) atoms. The van der Waals surface area contributed by atoms with Crippen molar-refractivity contribution in [3.05, 3.63) is 23.4 Å². The molecule has 1 N–H and O–H groups in total. The van der Waals surface area contributed by atoms with Gasteiger partial charge in [-0.25, -0.2) is 4.98 Å². The number of aryl methyl sites for hydroxylation is 1. The smallest absolute Gasteiger partial charge is 0.131 e. The lowest BCUT2D eigenvalue weighted by atomic mass is 9.87. The third kappa shape index (κ3) is 5.31. The summed E-state index contributed by atoms with van der Waals surface area (Å²) in [6, 6.07) is 2.69. The molecule has 0 aliphatic carbocycles. The fourth-order valence-corrected chi connectivity index (χ4v) is 2.36. The SMILES string of the molecule is Cc1cc(CNCC(C)C)cnc1N(C)C(C)C(C)(C)C. The summed E-state index contributed by atoms with van der Waals surface area (Å²) in [5.41, 5.74) is 2.74. The average molecular weight is 291 g/mol. The zero-order valence-corrected chi connectivity index (χ0v) is 15.1. The van der Waals surface area contributed by atoms with E-state index in [1.807, 2.05) is 6.20 Å². The zero-order valence-electron chi connectivity index (χ0n) is 15.1. The van der Waals surface area contributed by atoms with Crippen LogP contribution < -0.4 is 10.2 Å². The molecule has 1 aromatic rings. The molecule has 1 unspecified atom stereocenters. The van der Waals surface area contributed by atoms with Crippen LogP contribution in [-0.2, 0) is 6.54 Å². The monoisotopic (exact) mass is 291 g/mol. The number of nitrogens with one attached hydrogen (secondary N) is 1. The second-order valence-corrected chi connectivity index (χ2v) is 7.66. The van der Waals surface area contributed by atoms with Crippen LogP contribution in [0.4, 0.5) is 5.82 Å². The molecular formula is C18H33N3. The Morgan fingerprint density at radius 3 is 2.33 bits per heavy atom. The lowest BCUT2D eigenvalue weighted by Crippen LogP contribution is -2.40. The van der Waals surface area contributed by atoms with Gasteiger partial charge in [-0.1, -0.05) is 34.6 Å². The number of pyridine rings is 1. The van der Waals surface area contributed by atoms with Gasteiger partial charge in [-0.05, 0) is 48.9 Å². The van der Waals surface area contributed by atoms with E-state index in [4.69, 9.17) is 4.98 Å². The minimum Gasteiger partial charge on any atom is -0.356 e. The molecular weight excluding hydrogens is 258 g/mol. The molecule has 0 radical (unpaired) electrons. The Kier molecular flexibility index (Phi) is 6.21. The maximum Gasteiger partial charge on any atom is 0.131 e. The Hall–Kier alpha value is -1.09. The molecule has 0 saturated carbocycles. The second-order valence-electron chi connectivity index (χ2n) is 7.66. The number of hydrogen-bond acceptors (Lipinski definition) is 3. The Labute approximate surface area is 131 Å². The van der Waals surface area contributed by atoms with Crippen LogP contribution in [0, 0.1) is 18.3 Å². The largest absolute Gasteiger partial charge is 0.356 e.